The zero-order valence-electron chi connectivity index (χ0n) is 12.5. The van der Waals surface area contributed by atoms with E-state index in [0.29, 0.717) is 16.3 Å². The van der Waals surface area contributed by atoms with Gasteiger partial charge in [0, 0.05) is 17.8 Å². The highest BCUT2D eigenvalue weighted by molar-refractivity contribution is 6.33. The third-order valence-electron chi connectivity index (χ3n) is 3.58. The summed E-state index contributed by atoms with van der Waals surface area (Å²) in [5, 5.41) is 22.8. The number of halogens is 1. The Hall–Kier alpha value is -2.67. The molecule has 3 aromatic rings. The maximum Gasteiger partial charge on any atom is 0.273 e. The summed E-state index contributed by atoms with van der Waals surface area (Å²) < 4.78 is 1.88. The minimum absolute atomic E-state index is 0.00105. The van der Waals surface area contributed by atoms with Gasteiger partial charge < -0.3 is 5.32 Å². The van der Waals surface area contributed by atoms with Crippen molar-refractivity contribution >= 4 is 28.6 Å². The SMILES string of the molecule is Cc1cc(NC(C)c2nnc3ccccn23)c(Cl)cc1[N+](=O)[O-]. The first-order valence-electron chi connectivity index (χ1n) is 6.98. The molecule has 2 heterocycles. The fourth-order valence-corrected chi connectivity index (χ4v) is 2.64. The number of hydrogen-bond acceptors (Lipinski definition) is 5. The number of fused-ring (bicyclic) bond motifs is 1. The molecular weight excluding hydrogens is 318 g/mol. The Bertz CT molecular complexity index is 893. The molecule has 8 heteroatoms. The normalized spacial score (nSPS) is 12.3. The van der Waals surface area contributed by atoms with Crippen LogP contribution in [0.15, 0.2) is 36.5 Å². The molecule has 1 unspecified atom stereocenters. The lowest BCUT2D eigenvalue weighted by Crippen LogP contribution is -2.11. The first kappa shape index (κ1) is 15.2. The first-order chi connectivity index (χ1) is 11.0. The van der Waals surface area contributed by atoms with Gasteiger partial charge >= 0.3 is 0 Å². The van der Waals surface area contributed by atoms with Gasteiger partial charge in [-0.15, -0.1) is 10.2 Å². The average molecular weight is 332 g/mol. The summed E-state index contributed by atoms with van der Waals surface area (Å²) in [6.45, 7) is 3.60. The molecule has 1 atom stereocenters. The Balaban J connectivity index is 1.92. The lowest BCUT2D eigenvalue weighted by Gasteiger charge is -2.15. The van der Waals surface area contributed by atoms with Gasteiger partial charge in [-0.2, -0.15) is 0 Å². The van der Waals surface area contributed by atoms with Gasteiger partial charge in [0.15, 0.2) is 11.5 Å². The summed E-state index contributed by atoms with van der Waals surface area (Å²) in [5.74, 6) is 0.729. The number of anilines is 1. The Morgan fingerprint density at radius 2 is 2.13 bits per heavy atom. The highest BCUT2D eigenvalue weighted by Crippen LogP contribution is 2.32. The summed E-state index contributed by atoms with van der Waals surface area (Å²) in [6, 6.07) is 8.50. The van der Waals surface area contributed by atoms with Crippen LogP contribution in [0, 0.1) is 17.0 Å². The number of benzene rings is 1. The standard InChI is InChI=1S/C15H14ClN5O2/c1-9-7-12(11(16)8-13(9)21(22)23)17-10(2)15-19-18-14-5-3-4-6-20(14)15/h3-8,10,17H,1-2H3. The van der Waals surface area contributed by atoms with Crippen molar-refractivity contribution in [2.45, 2.75) is 19.9 Å². The van der Waals surface area contributed by atoms with E-state index in [0.717, 1.165) is 11.5 Å². The molecule has 0 bridgehead atoms. The van der Waals surface area contributed by atoms with Crippen molar-refractivity contribution in [2.75, 3.05) is 5.32 Å². The minimum Gasteiger partial charge on any atom is -0.374 e. The minimum atomic E-state index is -0.444. The Morgan fingerprint density at radius 3 is 2.87 bits per heavy atom. The second kappa shape index (κ2) is 5.85. The Labute approximate surface area is 137 Å². The van der Waals surface area contributed by atoms with Crippen LogP contribution in [0.25, 0.3) is 5.65 Å². The van der Waals surface area contributed by atoms with E-state index in [-0.39, 0.29) is 11.7 Å². The molecule has 0 saturated heterocycles. The second-order valence-corrected chi connectivity index (χ2v) is 5.64. The van der Waals surface area contributed by atoms with Crippen molar-refractivity contribution in [3.8, 4) is 0 Å². The molecule has 23 heavy (non-hydrogen) atoms. The summed E-state index contributed by atoms with van der Waals surface area (Å²) in [6.07, 6.45) is 1.88. The van der Waals surface area contributed by atoms with Gasteiger partial charge in [-0.1, -0.05) is 17.7 Å². The van der Waals surface area contributed by atoms with E-state index >= 15 is 0 Å². The van der Waals surface area contributed by atoms with Gasteiger partial charge in [0.25, 0.3) is 5.69 Å². The summed E-state index contributed by atoms with van der Waals surface area (Å²) in [4.78, 5) is 10.5. The van der Waals surface area contributed by atoms with E-state index < -0.39 is 4.92 Å². The molecule has 0 aliphatic heterocycles. The third kappa shape index (κ3) is 2.83. The van der Waals surface area contributed by atoms with Crippen LogP contribution in [-0.2, 0) is 0 Å². The van der Waals surface area contributed by atoms with Gasteiger partial charge in [0.1, 0.15) is 0 Å². The maximum atomic E-state index is 10.9. The lowest BCUT2D eigenvalue weighted by molar-refractivity contribution is -0.385. The predicted molar refractivity (Wildman–Crippen MR) is 87.9 cm³/mol. The van der Waals surface area contributed by atoms with Crippen LogP contribution in [0.4, 0.5) is 11.4 Å². The fraction of sp³-hybridized carbons (Fsp3) is 0.200. The van der Waals surface area contributed by atoms with Crippen LogP contribution in [0.3, 0.4) is 0 Å². The van der Waals surface area contributed by atoms with E-state index in [1.807, 2.05) is 35.7 Å². The van der Waals surface area contributed by atoms with E-state index in [1.165, 1.54) is 6.07 Å². The average Bonchev–Trinajstić information content (AvgIpc) is 2.94. The van der Waals surface area contributed by atoms with Crippen LogP contribution < -0.4 is 5.32 Å². The first-order valence-corrected chi connectivity index (χ1v) is 7.36. The van der Waals surface area contributed by atoms with Crippen LogP contribution >= 0.6 is 11.6 Å². The molecule has 0 aliphatic rings. The van der Waals surface area contributed by atoms with Crippen LogP contribution in [0.2, 0.25) is 5.02 Å². The molecule has 118 valence electrons. The topological polar surface area (TPSA) is 85.4 Å². The molecule has 1 aromatic carbocycles. The number of aromatic nitrogens is 3. The van der Waals surface area contributed by atoms with E-state index in [2.05, 4.69) is 15.5 Å². The molecule has 1 N–H and O–H groups in total. The molecule has 2 aromatic heterocycles. The largest absolute Gasteiger partial charge is 0.374 e. The molecule has 3 rings (SSSR count). The van der Waals surface area contributed by atoms with Crippen molar-refractivity contribution < 1.29 is 4.92 Å². The van der Waals surface area contributed by atoms with Crippen molar-refractivity contribution in [3.63, 3.8) is 0 Å². The van der Waals surface area contributed by atoms with Gasteiger partial charge in [-0.05, 0) is 32.0 Å². The molecule has 7 nitrogen and oxygen atoms in total. The third-order valence-corrected chi connectivity index (χ3v) is 3.89. The Morgan fingerprint density at radius 1 is 1.35 bits per heavy atom. The highest BCUT2D eigenvalue weighted by Gasteiger charge is 2.18. The molecular formula is C15H14ClN5O2. The number of aryl methyl sites for hydroxylation is 1. The zero-order chi connectivity index (χ0) is 16.6. The molecule has 0 radical (unpaired) electrons. The quantitative estimate of drug-likeness (QED) is 0.581. The maximum absolute atomic E-state index is 10.9. The van der Waals surface area contributed by atoms with E-state index in [4.69, 9.17) is 11.6 Å². The van der Waals surface area contributed by atoms with Crippen LogP contribution in [-0.4, -0.2) is 19.5 Å². The number of hydrogen-bond donors (Lipinski definition) is 1. The van der Waals surface area contributed by atoms with Crippen molar-refractivity contribution in [1.29, 1.82) is 0 Å². The van der Waals surface area contributed by atoms with Crippen molar-refractivity contribution in [2.24, 2.45) is 0 Å². The number of rotatable bonds is 4. The number of nitrogens with zero attached hydrogens (tertiary/aromatic N) is 4. The molecule has 0 saturated carbocycles. The van der Waals surface area contributed by atoms with E-state index in [1.54, 1.807) is 13.0 Å². The second-order valence-electron chi connectivity index (χ2n) is 5.23. The van der Waals surface area contributed by atoms with Gasteiger partial charge in [0.05, 0.1) is 21.7 Å². The lowest BCUT2D eigenvalue weighted by atomic mass is 10.1. The number of nitro groups is 1. The molecule has 0 spiro atoms. The van der Waals surface area contributed by atoms with Crippen LogP contribution in [0.1, 0.15) is 24.4 Å². The van der Waals surface area contributed by atoms with Gasteiger partial charge in [-0.25, -0.2) is 0 Å². The highest BCUT2D eigenvalue weighted by atomic mass is 35.5. The number of pyridine rings is 1. The fourth-order valence-electron chi connectivity index (χ4n) is 2.43. The predicted octanol–water partition coefficient (Wildman–Crippen LogP) is 3.77. The molecule has 0 fully saturated rings. The number of nitro benzene ring substituents is 1. The summed E-state index contributed by atoms with van der Waals surface area (Å²) in [5.41, 5.74) is 1.92. The smallest absolute Gasteiger partial charge is 0.273 e. The van der Waals surface area contributed by atoms with Crippen LogP contribution in [0.5, 0.6) is 0 Å². The number of nitrogens with one attached hydrogen (secondary N) is 1. The summed E-state index contributed by atoms with van der Waals surface area (Å²) >= 11 is 6.16. The molecule has 0 amide bonds. The summed E-state index contributed by atoms with van der Waals surface area (Å²) in [7, 11) is 0. The van der Waals surface area contributed by atoms with Crippen molar-refractivity contribution in [3.05, 3.63) is 63.1 Å². The van der Waals surface area contributed by atoms with Crippen molar-refractivity contribution in [1.82, 2.24) is 14.6 Å². The Kier molecular flexibility index (Phi) is 3.87. The van der Waals surface area contributed by atoms with E-state index in [9.17, 15) is 10.1 Å². The van der Waals surface area contributed by atoms with Gasteiger partial charge in [0.2, 0.25) is 0 Å². The van der Waals surface area contributed by atoms with Gasteiger partial charge in [-0.3, -0.25) is 14.5 Å². The molecule has 0 aliphatic carbocycles. The monoisotopic (exact) mass is 331 g/mol. The zero-order valence-corrected chi connectivity index (χ0v) is 13.3.